The van der Waals surface area contributed by atoms with Crippen molar-refractivity contribution >= 4 is 11.4 Å². The topological polar surface area (TPSA) is 24.1 Å². The maximum absolute atomic E-state index is 12.9. The molecule has 0 atom stereocenters. The van der Waals surface area contributed by atoms with Crippen LogP contribution in [-0.4, -0.2) is 0 Å². The molecule has 0 unspecified atom stereocenters. The van der Waals surface area contributed by atoms with Crippen LogP contribution in [0, 0.1) is 17.5 Å². The first kappa shape index (κ1) is 11.3. The molecule has 0 heterocycles. The molecule has 2 N–H and O–H groups in total. The molecule has 0 aliphatic rings. The molecule has 88 valence electrons. The van der Waals surface area contributed by atoms with E-state index in [1.165, 1.54) is 30.3 Å². The zero-order valence-corrected chi connectivity index (χ0v) is 8.68. The summed E-state index contributed by atoms with van der Waals surface area (Å²) >= 11 is 0. The molecule has 0 bridgehead atoms. The number of anilines is 2. The first-order chi connectivity index (χ1) is 8.15. The molecule has 0 saturated carbocycles. The summed E-state index contributed by atoms with van der Waals surface area (Å²) in [5.41, 5.74) is 6.37. The van der Waals surface area contributed by atoms with Crippen molar-refractivity contribution < 1.29 is 13.2 Å². The van der Waals surface area contributed by atoms with Gasteiger partial charge in [-0.1, -0.05) is 0 Å². The third-order valence-corrected chi connectivity index (χ3v) is 2.11. The van der Waals surface area contributed by atoms with Crippen LogP contribution in [0.5, 0.6) is 0 Å². The highest BCUT2D eigenvalue weighted by Gasteiger charge is 2.01. The number of halogens is 3. The van der Waals surface area contributed by atoms with Gasteiger partial charge in [-0.3, -0.25) is 0 Å². The van der Waals surface area contributed by atoms with Crippen LogP contribution in [0.15, 0.2) is 42.5 Å². The van der Waals surface area contributed by atoms with Crippen LogP contribution in [0.2, 0.25) is 0 Å². The van der Waals surface area contributed by atoms with E-state index >= 15 is 0 Å². The van der Waals surface area contributed by atoms with Crippen LogP contribution in [0.3, 0.4) is 0 Å². The first-order valence-electron chi connectivity index (χ1n) is 4.88. The van der Waals surface area contributed by atoms with Gasteiger partial charge in [-0.25, -0.2) is 13.2 Å². The maximum Gasteiger partial charge on any atom is 0.160 e. The summed E-state index contributed by atoms with van der Waals surface area (Å²) in [6.07, 6.45) is 0. The van der Waals surface area contributed by atoms with Gasteiger partial charge in [-0.2, -0.15) is 0 Å². The molecule has 17 heavy (non-hydrogen) atoms. The minimum absolute atomic E-state index is 0.344. The van der Waals surface area contributed by atoms with E-state index in [0.29, 0.717) is 11.4 Å². The third-order valence-electron chi connectivity index (χ3n) is 2.11. The van der Waals surface area contributed by atoms with Gasteiger partial charge in [0.2, 0.25) is 0 Å². The van der Waals surface area contributed by atoms with E-state index < -0.39 is 11.6 Å². The molecule has 2 rings (SSSR count). The van der Waals surface area contributed by atoms with Crippen LogP contribution in [0.1, 0.15) is 0 Å². The highest BCUT2D eigenvalue weighted by molar-refractivity contribution is 5.52. The largest absolute Gasteiger partial charge is 0.301 e. The van der Waals surface area contributed by atoms with Gasteiger partial charge in [0, 0.05) is 6.07 Å². The predicted molar refractivity (Wildman–Crippen MR) is 60.0 cm³/mol. The van der Waals surface area contributed by atoms with E-state index in [2.05, 4.69) is 10.9 Å². The Labute approximate surface area is 96.1 Å². The zero-order chi connectivity index (χ0) is 12.3. The molecule has 2 nitrogen and oxygen atoms in total. The quantitative estimate of drug-likeness (QED) is 0.799. The predicted octanol–water partition coefficient (Wildman–Crippen LogP) is 3.54. The molecule has 0 aromatic heterocycles. The Hall–Kier alpha value is -2.17. The summed E-state index contributed by atoms with van der Waals surface area (Å²) in [4.78, 5) is 0. The van der Waals surface area contributed by atoms with E-state index in [1.807, 2.05) is 0 Å². The molecular formula is C12H9F3N2. The van der Waals surface area contributed by atoms with E-state index in [1.54, 1.807) is 0 Å². The van der Waals surface area contributed by atoms with E-state index in [-0.39, 0.29) is 5.82 Å². The van der Waals surface area contributed by atoms with Crippen molar-refractivity contribution in [2.24, 2.45) is 0 Å². The lowest BCUT2D eigenvalue weighted by Crippen LogP contribution is -2.08. The molecule has 2 aromatic carbocycles. The Morgan fingerprint density at radius 2 is 1.24 bits per heavy atom. The Kier molecular flexibility index (Phi) is 3.18. The summed E-state index contributed by atoms with van der Waals surface area (Å²) in [6.45, 7) is 0. The average molecular weight is 238 g/mol. The molecule has 0 saturated heterocycles. The first-order valence-corrected chi connectivity index (χ1v) is 4.88. The minimum Gasteiger partial charge on any atom is -0.301 e. The Bertz CT molecular complexity index is 512. The molecule has 0 aliphatic carbocycles. The SMILES string of the molecule is Fc1ccc(NNc2ccc(F)c(F)c2)cc1. The van der Waals surface area contributed by atoms with Gasteiger partial charge in [0.1, 0.15) is 5.82 Å². The zero-order valence-electron chi connectivity index (χ0n) is 8.68. The van der Waals surface area contributed by atoms with Gasteiger partial charge in [-0.15, -0.1) is 0 Å². The standard InChI is InChI=1S/C12H9F3N2/c13-8-1-3-9(4-2-8)16-17-10-5-6-11(14)12(15)7-10/h1-7,16-17H. The van der Waals surface area contributed by atoms with Crippen molar-refractivity contribution in [3.63, 3.8) is 0 Å². The van der Waals surface area contributed by atoms with Crippen molar-refractivity contribution in [3.8, 4) is 0 Å². The van der Waals surface area contributed by atoms with Gasteiger partial charge in [0.15, 0.2) is 11.6 Å². The van der Waals surface area contributed by atoms with Gasteiger partial charge in [0.25, 0.3) is 0 Å². The average Bonchev–Trinajstić information content (AvgIpc) is 2.33. The summed E-state index contributed by atoms with van der Waals surface area (Å²) in [5, 5.41) is 0. The summed E-state index contributed by atoms with van der Waals surface area (Å²) < 4.78 is 38.1. The highest BCUT2D eigenvalue weighted by atomic mass is 19.2. The Morgan fingerprint density at radius 3 is 1.88 bits per heavy atom. The van der Waals surface area contributed by atoms with Crippen LogP contribution < -0.4 is 10.9 Å². The monoisotopic (exact) mass is 238 g/mol. The minimum atomic E-state index is -0.934. The van der Waals surface area contributed by atoms with Crippen molar-refractivity contribution in [3.05, 3.63) is 59.9 Å². The second kappa shape index (κ2) is 4.78. The molecule has 0 aliphatic heterocycles. The Morgan fingerprint density at radius 1 is 0.647 bits per heavy atom. The van der Waals surface area contributed by atoms with Gasteiger partial charge < -0.3 is 10.9 Å². The molecule has 0 fully saturated rings. The second-order valence-electron chi connectivity index (χ2n) is 3.39. The normalized spacial score (nSPS) is 10.1. The van der Waals surface area contributed by atoms with E-state index in [4.69, 9.17) is 0 Å². The van der Waals surface area contributed by atoms with Gasteiger partial charge in [0.05, 0.1) is 11.4 Å². The molecule has 0 amide bonds. The smallest absolute Gasteiger partial charge is 0.160 e. The fourth-order valence-electron chi connectivity index (χ4n) is 1.25. The van der Waals surface area contributed by atoms with Gasteiger partial charge >= 0.3 is 0 Å². The molecule has 0 spiro atoms. The van der Waals surface area contributed by atoms with Crippen molar-refractivity contribution in [1.29, 1.82) is 0 Å². The summed E-state index contributed by atoms with van der Waals surface area (Å²) in [7, 11) is 0. The Balaban J connectivity index is 2.02. The summed E-state index contributed by atoms with van der Waals surface area (Å²) in [5.74, 6) is -2.18. The lowest BCUT2D eigenvalue weighted by atomic mass is 10.3. The summed E-state index contributed by atoms with van der Waals surface area (Å²) in [6, 6.07) is 9.03. The van der Waals surface area contributed by atoms with Crippen LogP contribution in [0.25, 0.3) is 0 Å². The number of nitrogens with one attached hydrogen (secondary N) is 2. The maximum atomic E-state index is 12.9. The fourth-order valence-corrected chi connectivity index (χ4v) is 1.25. The fraction of sp³-hybridized carbons (Fsp3) is 0. The molecular weight excluding hydrogens is 229 g/mol. The van der Waals surface area contributed by atoms with Crippen LogP contribution in [-0.2, 0) is 0 Å². The van der Waals surface area contributed by atoms with Crippen LogP contribution >= 0.6 is 0 Å². The highest BCUT2D eigenvalue weighted by Crippen LogP contribution is 2.14. The number of benzene rings is 2. The van der Waals surface area contributed by atoms with Gasteiger partial charge in [-0.05, 0) is 36.4 Å². The van der Waals surface area contributed by atoms with Crippen LogP contribution in [0.4, 0.5) is 24.5 Å². The molecule has 2 aromatic rings. The van der Waals surface area contributed by atoms with Crippen molar-refractivity contribution in [2.45, 2.75) is 0 Å². The molecule has 5 heteroatoms. The van der Waals surface area contributed by atoms with Crippen molar-refractivity contribution in [1.82, 2.24) is 0 Å². The lowest BCUT2D eigenvalue weighted by Gasteiger charge is -2.09. The van der Waals surface area contributed by atoms with E-state index in [9.17, 15) is 13.2 Å². The number of hydrogen-bond acceptors (Lipinski definition) is 2. The molecule has 0 radical (unpaired) electrons. The third kappa shape index (κ3) is 2.90. The lowest BCUT2D eigenvalue weighted by molar-refractivity contribution is 0.509. The number of rotatable bonds is 3. The number of hydrogen-bond donors (Lipinski definition) is 2. The van der Waals surface area contributed by atoms with Crippen molar-refractivity contribution in [2.75, 3.05) is 10.9 Å². The van der Waals surface area contributed by atoms with E-state index in [0.717, 1.165) is 12.1 Å². The number of hydrazine groups is 1. The second-order valence-corrected chi connectivity index (χ2v) is 3.39.